The van der Waals surface area contributed by atoms with Crippen LogP contribution in [0.5, 0.6) is 5.75 Å². The number of carbonyl (C=O) groups excluding carboxylic acids is 2. The molecule has 1 aromatic heterocycles. The first kappa shape index (κ1) is 26.5. The van der Waals surface area contributed by atoms with E-state index in [2.05, 4.69) is 15.4 Å². The van der Waals surface area contributed by atoms with Crippen molar-refractivity contribution in [1.82, 2.24) is 9.29 Å². The van der Waals surface area contributed by atoms with Gasteiger partial charge in [-0.3, -0.25) is 4.79 Å². The van der Waals surface area contributed by atoms with Gasteiger partial charge in [-0.15, -0.1) is 0 Å². The van der Waals surface area contributed by atoms with Crippen LogP contribution in [0.25, 0.3) is 22.2 Å². The Balaban J connectivity index is 1.77. The molecule has 1 aliphatic heterocycles. The maximum absolute atomic E-state index is 13.0. The molecule has 0 radical (unpaired) electrons. The van der Waals surface area contributed by atoms with Gasteiger partial charge < -0.3 is 14.1 Å². The number of hydrogen-bond donors (Lipinski definition) is 1. The lowest BCUT2D eigenvalue weighted by Gasteiger charge is -2.24. The van der Waals surface area contributed by atoms with E-state index in [-0.39, 0.29) is 5.56 Å². The monoisotopic (exact) mass is 536 g/mol. The molecule has 1 saturated carbocycles. The molecule has 1 atom stereocenters. The summed E-state index contributed by atoms with van der Waals surface area (Å²) in [7, 11) is -2.12. The first-order valence-corrected chi connectivity index (χ1v) is 15.0. The first-order valence-electron chi connectivity index (χ1n) is 13.4. The average Bonchev–Trinajstić information content (AvgIpc) is 3.14. The van der Waals surface area contributed by atoms with E-state index < -0.39 is 26.6 Å². The van der Waals surface area contributed by atoms with Crippen LogP contribution in [0, 0.1) is 5.41 Å². The molecule has 1 aliphatic carbocycles. The Kier molecular flexibility index (Phi) is 6.88. The summed E-state index contributed by atoms with van der Waals surface area (Å²) in [5, 5.41) is 0.339. The first-order chi connectivity index (χ1) is 18.1. The maximum atomic E-state index is 13.0. The van der Waals surface area contributed by atoms with E-state index in [1.165, 1.54) is 38.7 Å². The van der Waals surface area contributed by atoms with E-state index in [4.69, 9.17) is 4.74 Å². The Labute approximate surface area is 224 Å². The summed E-state index contributed by atoms with van der Waals surface area (Å²) in [6.45, 7) is 5.50. The van der Waals surface area contributed by atoms with Gasteiger partial charge in [-0.2, -0.15) is 0 Å². The van der Waals surface area contributed by atoms with Crippen molar-refractivity contribution in [3.63, 3.8) is 0 Å². The van der Waals surface area contributed by atoms with Gasteiger partial charge in [-0.1, -0.05) is 32.3 Å². The summed E-state index contributed by atoms with van der Waals surface area (Å²) < 4.78 is 34.7. The minimum absolute atomic E-state index is 0.282. The number of sulfonamides is 1. The van der Waals surface area contributed by atoms with E-state index in [0.717, 1.165) is 52.6 Å². The van der Waals surface area contributed by atoms with Gasteiger partial charge in [0.15, 0.2) is 0 Å². The lowest BCUT2D eigenvalue weighted by atomic mass is 9.80. The molecule has 1 fully saturated rings. The summed E-state index contributed by atoms with van der Waals surface area (Å²) in [5.41, 5.74) is 4.99. The summed E-state index contributed by atoms with van der Waals surface area (Å²) >= 11 is 0. The smallest absolute Gasteiger partial charge is 0.264 e. The molecule has 8 heteroatoms. The molecule has 0 spiro atoms. The Morgan fingerprint density at radius 3 is 2.53 bits per heavy atom. The van der Waals surface area contributed by atoms with Crippen LogP contribution in [0.2, 0.25) is 0 Å². The minimum atomic E-state index is -3.77. The molecule has 7 nitrogen and oxygen atoms in total. The normalized spacial score (nSPS) is 20.0. The molecular weight excluding hydrogens is 500 g/mol. The second-order valence-corrected chi connectivity index (χ2v) is 13.6. The van der Waals surface area contributed by atoms with Crippen LogP contribution in [-0.2, 0) is 27.8 Å². The number of aromatic nitrogens is 1. The minimum Gasteiger partial charge on any atom is -0.497 e. The van der Waals surface area contributed by atoms with Crippen molar-refractivity contribution >= 4 is 33.1 Å². The number of nitrogens with one attached hydrogen (secondary N) is 1. The van der Waals surface area contributed by atoms with E-state index in [0.29, 0.717) is 18.9 Å². The topological polar surface area (TPSA) is 94.5 Å². The van der Waals surface area contributed by atoms with Gasteiger partial charge in [0, 0.05) is 34.0 Å². The van der Waals surface area contributed by atoms with Crippen LogP contribution in [0.3, 0.4) is 0 Å². The Hall–Kier alpha value is -3.13. The molecule has 1 unspecified atom stereocenters. The van der Waals surface area contributed by atoms with Gasteiger partial charge in [0.05, 0.1) is 18.1 Å². The fourth-order valence-electron chi connectivity index (χ4n) is 6.09. The third-order valence-corrected chi connectivity index (χ3v) is 9.91. The van der Waals surface area contributed by atoms with Crippen molar-refractivity contribution in [3.8, 4) is 17.0 Å². The lowest BCUT2D eigenvalue weighted by molar-refractivity contribution is -0.116. The van der Waals surface area contributed by atoms with Crippen molar-refractivity contribution in [3.05, 3.63) is 53.1 Å². The number of fused-ring (bicyclic) bond motifs is 5. The number of aldehydes is 1. The molecule has 38 heavy (non-hydrogen) atoms. The molecule has 0 saturated heterocycles. The van der Waals surface area contributed by atoms with Crippen LogP contribution in [-0.4, -0.2) is 37.5 Å². The number of carbonyl (C=O) groups is 2. The number of ether oxygens (including phenoxy) is 1. The number of rotatable bonds is 6. The zero-order valence-electron chi connectivity index (χ0n) is 22.5. The van der Waals surface area contributed by atoms with E-state index in [1.54, 1.807) is 19.2 Å². The molecular formula is C30H36N2O5S. The standard InChI is InChI=1S/C30H36N2O5S/c1-19(2)38(35,36)31-29(34)21-10-12-25-26(15-21)32-17-30(3,18-33)16-22-14-23(37-4)11-13-24(22)28(32)27(25)20-8-6-5-7-9-20/h10-15,18-20H,5-9,16-17H2,1-4H3,(H,31,34). The third-order valence-electron chi connectivity index (χ3n) is 8.20. The zero-order valence-corrected chi connectivity index (χ0v) is 23.4. The Bertz CT molecular complexity index is 1520. The van der Waals surface area contributed by atoms with E-state index >= 15 is 0 Å². The molecule has 3 aromatic rings. The van der Waals surface area contributed by atoms with Crippen molar-refractivity contribution in [2.45, 2.75) is 77.0 Å². The lowest BCUT2D eigenvalue weighted by Crippen LogP contribution is -2.35. The fraction of sp³-hybridized carbons (Fsp3) is 0.467. The Morgan fingerprint density at radius 1 is 1.13 bits per heavy atom. The molecule has 2 aliphatic rings. The molecule has 5 rings (SSSR count). The summed E-state index contributed by atoms with van der Waals surface area (Å²) in [5.74, 6) is 0.484. The second kappa shape index (κ2) is 9.88. The number of nitrogens with zero attached hydrogens (tertiary/aromatic N) is 1. The van der Waals surface area contributed by atoms with Gasteiger partial charge in [0.1, 0.15) is 12.0 Å². The zero-order chi connectivity index (χ0) is 27.2. The number of amides is 1. The van der Waals surface area contributed by atoms with Crippen LogP contribution in [0.4, 0.5) is 0 Å². The largest absolute Gasteiger partial charge is 0.497 e. The molecule has 2 heterocycles. The summed E-state index contributed by atoms with van der Waals surface area (Å²) in [6, 6.07) is 11.5. The van der Waals surface area contributed by atoms with Gasteiger partial charge in [-0.25, -0.2) is 13.1 Å². The van der Waals surface area contributed by atoms with Crippen molar-refractivity contribution in [2.24, 2.45) is 5.41 Å². The second-order valence-electron chi connectivity index (χ2n) is 11.4. The number of benzene rings is 2. The average molecular weight is 537 g/mol. The van der Waals surface area contributed by atoms with Gasteiger partial charge >= 0.3 is 0 Å². The van der Waals surface area contributed by atoms with Crippen molar-refractivity contribution in [2.75, 3.05) is 7.11 Å². The highest BCUT2D eigenvalue weighted by atomic mass is 32.2. The quantitative estimate of drug-likeness (QED) is 0.414. The van der Waals surface area contributed by atoms with Crippen molar-refractivity contribution < 1.29 is 22.7 Å². The van der Waals surface area contributed by atoms with Crippen molar-refractivity contribution in [1.29, 1.82) is 0 Å². The fourth-order valence-corrected chi connectivity index (χ4v) is 6.70. The van der Waals surface area contributed by atoms with Crippen LogP contribution in [0.15, 0.2) is 36.4 Å². The summed E-state index contributed by atoms with van der Waals surface area (Å²) in [4.78, 5) is 25.5. The summed E-state index contributed by atoms with van der Waals surface area (Å²) in [6.07, 6.45) is 7.37. The Morgan fingerprint density at radius 2 is 1.87 bits per heavy atom. The molecule has 1 N–H and O–H groups in total. The molecule has 1 amide bonds. The third kappa shape index (κ3) is 4.64. The van der Waals surface area contributed by atoms with Crippen LogP contribution >= 0.6 is 0 Å². The van der Waals surface area contributed by atoms with Gasteiger partial charge in [-0.05, 0) is 80.5 Å². The van der Waals surface area contributed by atoms with Gasteiger partial charge in [0.2, 0.25) is 10.0 Å². The number of methoxy groups -OCH3 is 1. The number of hydrogen-bond acceptors (Lipinski definition) is 5. The SMILES string of the molecule is COc1ccc2c(c1)CC(C)(C=O)Cn1c-2c(C2CCCCC2)c2ccc(C(=O)NS(=O)(=O)C(C)C)cc21. The maximum Gasteiger partial charge on any atom is 0.264 e. The molecule has 0 bridgehead atoms. The van der Waals surface area contributed by atoms with Crippen LogP contribution < -0.4 is 9.46 Å². The highest BCUT2D eigenvalue weighted by Gasteiger charge is 2.36. The predicted octanol–water partition coefficient (Wildman–Crippen LogP) is 5.59. The highest BCUT2D eigenvalue weighted by Crippen LogP contribution is 2.48. The highest BCUT2D eigenvalue weighted by molar-refractivity contribution is 7.90. The molecule has 2 aromatic carbocycles. The van der Waals surface area contributed by atoms with Crippen LogP contribution in [0.1, 0.15) is 80.3 Å². The van der Waals surface area contributed by atoms with E-state index in [9.17, 15) is 18.0 Å². The van der Waals surface area contributed by atoms with Gasteiger partial charge in [0.25, 0.3) is 5.91 Å². The van der Waals surface area contributed by atoms with E-state index in [1.807, 2.05) is 25.1 Å². The predicted molar refractivity (Wildman–Crippen MR) is 149 cm³/mol. The molecule has 202 valence electrons.